The van der Waals surface area contributed by atoms with Gasteiger partial charge in [-0.3, -0.25) is 9.69 Å². The van der Waals surface area contributed by atoms with Crippen molar-refractivity contribution in [1.82, 2.24) is 19.4 Å². The Kier molecular flexibility index (Phi) is 6.01. The van der Waals surface area contributed by atoms with E-state index in [0.717, 1.165) is 69.2 Å². The molecule has 3 heterocycles. The first-order chi connectivity index (χ1) is 16.0. The first-order valence-corrected chi connectivity index (χ1v) is 11.9. The number of anilines is 3. The molecule has 0 spiro atoms. The average Bonchev–Trinajstić information content (AvgIpc) is 3.46. The van der Waals surface area contributed by atoms with Crippen LogP contribution in [-0.2, 0) is 0 Å². The quantitative estimate of drug-likeness (QED) is 0.546. The first kappa shape index (κ1) is 21.8. The van der Waals surface area contributed by atoms with Gasteiger partial charge in [0.15, 0.2) is 6.29 Å². The number of aromatic nitrogens is 3. The van der Waals surface area contributed by atoms with Crippen LogP contribution in [0.3, 0.4) is 0 Å². The van der Waals surface area contributed by atoms with Crippen molar-refractivity contribution in [3.63, 3.8) is 0 Å². The van der Waals surface area contributed by atoms with Crippen LogP contribution in [0, 0.1) is 5.82 Å². The Balaban J connectivity index is 1.36. The Morgan fingerprint density at radius 3 is 2.55 bits per heavy atom. The van der Waals surface area contributed by atoms with E-state index in [0.29, 0.717) is 35.1 Å². The molecule has 0 radical (unpaired) electrons. The number of nitrogens with zero attached hydrogens (tertiary/aromatic N) is 5. The van der Waals surface area contributed by atoms with E-state index in [2.05, 4.69) is 33.9 Å². The summed E-state index contributed by atoms with van der Waals surface area (Å²) < 4.78 is 17.0. The molecule has 1 aliphatic heterocycles. The third-order valence-corrected chi connectivity index (χ3v) is 7.01. The maximum Gasteiger partial charge on any atom is 0.229 e. The van der Waals surface area contributed by atoms with Crippen LogP contribution in [0.5, 0.6) is 0 Å². The number of nitrogens with one attached hydrogen (secondary N) is 1. The Labute approximate surface area is 193 Å². The SMILES string of the molecule is CC(C)N1CCN(c2ccc(Nc3ncc4cc(C=O)n(C5CCCC5)c4n3)cc2F)CC1. The Morgan fingerprint density at radius 1 is 1.12 bits per heavy atom. The van der Waals surface area contributed by atoms with E-state index in [1.165, 1.54) is 6.07 Å². The number of hydrogen-bond acceptors (Lipinski definition) is 6. The summed E-state index contributed by atoms with van der Waals surface area (Å²) in [4.78, 5) is 25.3. The molecule has 0 amide bonds. The number of piperazine rings is 1. The number of carbonyl (C=O) groups excluding carboxylic acids is 1. The second kappa shape index (κ2) is 9.09. The van der Waals surface area contributed by atoms with Gasteiger partial charge in [0.2, 0.25) is 5.95 Å². The lowest BCUT2D eigenvalue weighted by Gasteiger charge is -2.38. The van der Waals surface area contributed by atoms with Gasteiger partial charge < -0.3 is 14.8 Å². The van der Waals surface area contributed by atoms with Crippen LogP contribution in [0.2, 0.25) is 0 Å². The van der Waals surface area contributed by atoms with Gasteiger partial charge in [-0.25, -0.2) is 9.37 Å². The first-order valence-electron chi connectivity index (χ1n) is 11.9. The monoisotopic (exact) mass is 450 g/mol. The lowest BCUT2D eigenvalue weighted by atomic mass is 10.2. The molecule has 0 unspecified atom stereocenters. The molecular weight excluding hydrogens is 419 g/mol. The molecular formula is C25H31FN6O. The van der Waals surface area contributed by atoms with E-state index in [1.54, 1.807) is 6.20 Å². The van der Waals surface area contributed by atoms with E-state index >= 15 is 0 Å². The second-order valence-corrected chi connectivity index (χ2v) is 9.38. The van der Waals surface area contributed by atoms with Gasteiger partial charge in [0.25, 0.3) is 0 Å². The predicted molar refractivity (Wildman–Crippen MR) is 129 cm³/mol. The number of hydrogen-bond donors (Lipinski definition) is 1. The topological polar surface area (TPSA) is 66.3 Å². The van der Waals surface area contributed by atoms with Gasteiger partial charge in [0.05, 0.1) is 11.4 Å². The predicted octanol–water partition coefficient (Wildman–Crippen LogP) is 4.77. The summed E-state index contributed by atoms with van der Waals surface area (Å²) in [7, 11) is 0. The number of rotatable bonds is 6. The molecule has 0 bridgehead atoms. The van der Waals surface area contributed by atoms with Crippen LogP contribution >= 0.6 is 0 Å². The van der Waals surface area contributed by atoms with Crippen LogP contribution in [0.1, 0.15) is 56.1 Å². The maximum absolute atomic E-state index is 15.0. The number of aldehydes is 1. The van der Waals surface area contributed by atoms with Gasteiger partial charge in [-0.15, -0.1) is 0 Å². The van der Waals surface area contributed by atoms with Gasteiger partial charge in [0, 0.05) is 55.5 Å². The van der Waals surface area contributed by atoms with Crippen molar-refractivity contribution in [2.45, 2.75) is 51.6 Å². The number of halogens is 1. The number of carbonyl (C=O) groups is 1. The highest BCUT2D eigenvalue weighted by atomic mass is 19.1. The Morgan fingerprint density at radius 2 is 1.88 bits per heavy atom. The van der Waals surface area contributed by atoms with Crippen LogP contribution in [0.15, 0.2) is 30.5 Å². The van der Waals surface area contributed by atoms with Crippen LogP contribution < -0.4 is 10.2 Å². The van der Waals surface area contributed by atoms with Crippen LogP contribution in [0.4, 0.5) is 21.7 Å². The largest absolute Gasteiger partial charge is 0.367 e. The minimum Gasteiger partial charge on any atom is -0.367 e. The maximum atomic E-state index is 15.0. The standard InChI is InChI=1S/C25H31FN6O/c1-17(2)30-9-11-31(12-10-30)23-8-7-19(14-22(23)26)28-25-27-15-18-13-21(16-33)32(24(18)29-25)20-5-3-4-6-20/h7-8,13-17,20H,3-6,9-12H2,1-2H3,(H,27,28,29). The minimum absolute atomic E-state index is 0.253. The fourth-order valence-electron chi connectivity index (χ4n) is 5.17. The Bertz CT molecular complexity index is 1150. The summed E-state index contributed by atoms with van der Waals surface area (Å²) in [6, 6.07) is 7.85. The zero-order chi connectivity index (χ0) is 22.9. The smallest absolute Gasteiger partial charge is 0.229 e. The van der Waals surface area contributed by atoms with Crippen molar-refractivity contribution in [1.29, 1.82) is 0 Å². The molecule has 1 saturated heterocycles. The molecule has 8 heteroatoms. The molecule has 3 aromatic rings. The highest BCUT2D eigenvalue weighted by molar-refractivity contribution is 5.87. The molecule has 174 valence electrons. The normalized spacial score (nSPS) is 17.9. The summed E-state index contributed by atoms with van der Waals surface area (Å²) >= 11 is 0. The fourth-order valence-corrected chi connectivity index (χ4v) is 5.17. The van der Waals surface area contributed by atoms with E-state index in [9.17, 15) is 9.18 Å². The molecule has 7 nitrogen and oxygen atoms in total. The lowest BCUT2D eigenvalue weighted by Crippen LogP contribution is -2.49. The summed E-state index contributed by atoms with van der Waals surface area (Å²) in [5.74, 6) is 0.145. The van der Waals surface area contributed by atoms with Gasteiger partial charge in [-0.1, -0.05) is 12.8 Å². The number of benzene rings is 1. The molecule has 2 fully saturated rings. The zero-order valence-electron chi connectivity index (χ0n) is 19.3. The molecule has 1 aromatic carbocycles. The van der Waals surface area contributed by atoms with Gasteiger partial charge in [-0.2, -0.15) is 4.98 Å². The van der Waals surface area contributed by atoms with E-state index < -0.39 is 0 Å². The highest BCUT2D eigenvalue weighted by Gasteiger charge is 2.23. The van der Waals surface area contributed by atoms with Crippen molar-refractivity contribution in [3.05, 3.63) is 42.0 Å². The van der Waals surface area contributed by atoms with Gasteiger partial charge >= 0.3 is 0 Å². The molecule has 2 aliphatic rings. The van der Waals surface area contributed by atoms with Crippen molar-refractivity contribution < 1.29 is 9.18 Å². The van der Waals surface area contributed by atoms with Crippen LogP contribution in [-0.4, -0.2) is 57.9 Å². The summed E-state index contributed by atoms with van der Waals surface area (Å²) in [5, 5.41) is 3.99. The highest BCUT2D eigenvalue weighted by Crippen LogP contribution is 2.34. The lowest BCUT2D eigenvalue weighted by molar-refractivity contribution is 0.111. The number of fused-ring (bicyclic) bond motifs is 1. The van der Waals surface area contributed by atoms with Gasteiger partial charge in [0.1, 0.15) is 11.5 Å². The van der Waals surface area contributed by atoms with Crippen molar-refractivity contribution >= 4 is 34.6 Å². The average molecular weight is 451 g/mol. The summed E-state index contributed by atoms with van der Waals surface area (Å²) in [6.45, 7) is 7.90. The summed E-state index contributed by atoms with van der Waals surface area (Å²) in [6.07, 6.45) is 7.04. The molecule has 1 saturated carbocycles. The van der Waals surface area contributed by atoms with Gasteiger partial charge in [-0.05, 0) is 51.0 Å². The van der Waals surface area contributed by atoms with Crippen molar-refractivity contribution in [2.24, 2.45) is 0 Å². The summed E-state index contributed by atoms with van der Waals surface area (Å²) in [5.41, 5.74) is 2.62. The molecule has 33 heavy (non-hydrogen) atoms. The van der Waals surface area contributed by atoms with E-state index in [4.69, 9.17) is 4.98 Å². The van der Waals surface area contributed by atoms with Crippen molar-refractivity contribution in [3.8, 4) is 0 Å². The van der Waals surface area contributed by atoms with E-state index in [1.807, 2.05) is 22.8 Å². The third kappa shape index (κ3) is 4.31. The fraction of sp³-hybridized carbons (Fsp3) is 0.480. The second-order valence-electron chi connectivity index (χ2n) is 9.38. The van der Waals surface area contributed by atoms with Crippen molar-refractivity contribution in [2.75, 3.05) is 36.4 Å². The molecule has 2 aromatic heterocycles. The zero-order valence-corrected chi connectivity index (χ0v) is 19.3. The third-order valence-electron chi connectivity index (χ3n) is 7.01. The molecule has 0 atom stereocenters. The van der Waals surface area contributed by atoms with Crippen LogP contribution in [0.25, 0.3) is 11.0 Å². The molecule has 1 N–H and O–H groups in total. The molecule has 1 aliphatic carbocycles. The minimum atomic E-state index is -0.253. The Hall–Kier alpha value is -3.00. The van der Waals surface area contributed by atoms with E-state index in [-0.39, 0.29) is 5.82 Å². The molecule has 5 rings (SSSR count).